The van der Waals surface area contributed by atoms with E-state index in [1.54, 1.807) is 4.90 Å². The lowest BCUT2D eigenvalue weighted by atomic mass is 10.3. The van der Waals surface area contributed by atoms with Crippen molar-refractivity contribution in [2.24, 2.45) is 0 Å². The molecule has 1 rings (SSSR count). The van der Waals surface area contributed by atoms with Crippen LogP contribution in [0.15, 0.2) is 0 Å². The molecule has 1 saturated heterocycles. The van der Waals surface area contributed by atoms with Crippen LogP contribution in [0, 0.1) is 6.92 Å². The molecular weight excluding hydrogens is 180 g/mol. The van der Waals surface area contributed by atoms with E-state index >= 15 is 0 Å². The van der Waals surface area contributed by atoms with Gasteiger partial charge < -0.3 is 9.64 Å². The Hall–Kier alpha value is -0.770. The van der Waals surface area contributed by atoms with Crippen LogP contribution < -0.4 is 0 Å². The van der Waals surface area contributed by atoms with Crippen LogP contribution in [0.2, 0.25) is 0 Å². The molecule has 14 heavy (non-hydrogen) atoms. The summed E-state index contributed by atoms with van der Waals surface area (Å²) < 4.78 is 4.93. The number of nitrogens with zero attached hydrogens (tertiary/aromatic N) is 2. The standard InChI is InChI=1S/C10H19N2O2/c1-3-5-11-6-8-12(9-7-11)10(13)14-4-2/h1,3-9H2,2H3. The van der Waals surface area contributed by atoms with E-state index in [9.17, 15) is 4.79 Å². The molecule has 1 fully saturated rings. The van der Waals surface area contributed by atoms with Gasteiger partial charge in [0.15, 0.2) is 0 Å². The lowest BCUT2D eigenvalue weighted by Gasteiger charge is -2.33. The predicted octanol–water partition coefficient (Wildman–Crippen LogP) is 0.985. The number of carbonyl (C=O) groups is 1. The molecule has 0 saturated carbocycles. The van der Waals surface area contributed by atoms with Crippen molar-refractivity contribution in [2.45, 2.75) is 13.3 Å². The van der Waals surface area contributed by atoms with Gasteiger partial charge in [-0.2, -0.15) is 0 Å². The molecule has 0 bridgehead atoms. The second-order valence-electron chi connectivity index (χ2n) is 3.38. The number of piperazine rings is 1. The van der Waals surface area contributed by atoms with Crippen LogP contribution in [-0.2, 0) is 4.74 Å². The monoisotopic (exact) mass is 199 g/mol. The van der Waals surface area contributed by atoms with E-state index in [1.165, 1.54) is 0 Å². The number of carbonyl (C=O) groups excluding carboxylic acids is 1. The van der Waals surface area contributed by atoms with E-state index in [-0.39, 0.29) is 6.09 Å². The summed E-state index contributed by atoms with van der Waals surface area (Å²) >= 11 is 0. The zero-order chi connectivity index (χ0) is 10.4. The fourth-order valence-corrected chi connectivity index (χ4v) is 1.59. The third-order valence-electron chi connectivity index (χ3n) is 2.37. The van der Waals surface area contributed by atoms with Gasteiger partial charge in [-0.15, -0.1) is 0 Å². The lowest BCUT2D eigenvalue weighted by Crippen LogP contribution is -2.48. The van der Waals surface area contributed by atoms with E-state index in [4.69, 9.17) is 4.74 Å². The third-order valence-corrected chi connectivity index (χ3v) is 2.37. The summed E-state index contributed by atoms with van der Waals surface area (Å²) in [4.78, 5) is 15.4. The summed E-state index contributed by atoms with van der Waals surface area (Å²) in [7, 11) is 0. The van der Waals surface area contributed by atoms with E-state index in [0.29, 0.717) is 6.61 Å². The minimum atomic E-state index is -0.179. The van der Waals surface area contributed by atoms with Gasteiger partial charge in [-0.3, -0.25) is 4.90 Å². The quantitative estimate of drug-likeness (QED) is 0.679. The SMILES string of the molecule is [CH2]CCN1CCN(C(=O)OCC)CC1. The Bertz CT molecular complexity index is 177. The van der Waals surface area contributed by atoms with Crippen molar-refractivity contribution in [2.75, 3.05) is 39.3 Å². The first-order chi connectivity index (χ1) is 6.77. The zero-order valence-corrected chi connectivity index (χ0v) is 8.87. The van der Waals surface area contributed by atoms with Gasteiger partial charge in [-0.1, -0.05) is 6.92 Å². The smallest absolute Gasteiger partial charge is 0.409 e. The molecule has 81 valence electrons. The lowest BCUT2D eigenvalue weighted by molar-refractivity contribution is 0.0801. The largest absolute Gasteiger partial charge is 0.450 e. The molecule has 1 radical (unpaired) electrons. The van der Waals surface area contributed by atoms with Crippen molar-refractivity contribution in [3.05, 3.63) is 6.92 Å². The minimum Gasteiger partial charge on any atom is -0.450 e. The molecule has 0 aromatic rings. The Morgan fingerprint density at radius 3 is 2.50 bits per heavy atom. The highest BCUT2D eigenvalue weighted by atomic mass is 16.6. The van der Waals surface area contributed by atoms with Crippen LogP contribution in [0.4, 0.5) is 4.79 Å². The first kappa shape index (κ1) is 11.3. The Balaban J connectivity index is 2.24. The second-order valence-corrected chi connectivity index (χ2v) is 3.38. The average molecular weight is 199 g/mol. The first-order valence-electron chi connectivity index (χ1n) is 5.21. The maximum absolute atomic E-state index is 11.3. The normalized spacial score (nSPS) is 18.3. The van der Waals surface area contributed by atoms with Gasteiger partial charge in [0.25, 0.3) is 0 Å². The van der Waals surface area contributed by atoms with Gasteiger partial charge in [0.05, 0.1) is 6.61 Å². The molecule has 4 nitrogen and oxygen atoms in total. The van der Waals surface area contributed by atoms with Crippen molar-refractivity contribution in [3.8, 4) is 0 Å². The molecule has 1 amide bonds. The van der Waals surface area contributed by atoms with E-state index in [0.717, 1.165) is 39.1 Å². The van der Waals surface area contributed by atoms with Crippen LogP contribution in [0.3, 0.4) is 0 Å². The average Bonchev–Trinajstić information content (AvgIpc) is 2.20. The van der Waals surface area contributed by atoms with Crippen LogP contribution >= 0.6 is 0 Å². The van der Waals surface area contributed by atoms with Gasteiger partial charge in [0.2, 0.25) is 0 Å². The molecule has 4 heteroatoms. The van der Waals surface area contributed by atoms with Crippen LogP contribution in [0.5, 0.6) is 0 Å². The highest BCUT2D eigenvalue weighted by Crippen LogP contribution is 2.03. The summed E-state index contributed by atoms with van der Waals surface area (Å²) in [5.41, 5.74) is 0. The molecule has 1 aliphatic heterocycles. The Morgan fingerprint density at radius 1 is 1.36 bits per heavy atom. The number of hydrogen-bond acceptors (Lipinski definition) is 3. The zero-order valence-electron chi connectivity index (χ0n) is 8.87. The molecule has 0 aliphatic carbocycles. The van der Waals surface area contributed by atoms with E-state index in [2.05, 4.69) is 11.8 Å². The molecule has 0 spiro atoms. The summed E-state index contributed by atoms with van der Waals surface area (Å²) in [6.07, 6.45) is 0.751. The van der Waals surface area contributed by atoms with Crippen LogP contribution in [0.1, 0.15) is 13.3 Å². The third kappa shape index (κ3) is 3.18. The molecule has 0 aromatic carbocycles. The van der Waals surface area contributed by atoms with Crippen molar-refractivity contribution in [3.63, 3.8) is 0 Å². The summed E-state index contributed by atoms with van der Waals surface area (Å²) in [6.45, 7) is 10.6. The van der Waals surface area contributed by atoms with E-state index < -0.39 is 0 Å². The topological polar surface area (TPSA) is 32.8 Å². The predicted molar refractivity (Wildman–Crippen MR) is 55.0 cm³/mol. The number of hydrogen-bond donors (Lipinski definition) is 0. The fourth-order valence-electron chi connectivity index (χ4n) is 1.59. The van der Waals surface area contributed by atoms with Gasteiger partial charge in [-0.05, 0) is 19.9 Å². The number of rotatable bonds is 3. The molecule has 0 N–H and O–H groups in total. The van der Waals surface area contributed by atoms with Crippen LogP contribution in [-0.4, -0.2) is 55.2 Å². The summed E-state index contributed by atoms with van der Waals surface area (Å²) in [6, 6.07) is 0. The fraction of sp³-hybridized carbons (Fsp3) is 0.800. The maximum Gasteiger partial charge on any atom is 0.409 e. The Morgan fingerprint density at radius 2 is 2.00 bits per heavy atom. The molecule has 0 unspecified atom stereocenters. The van der Waals surface area contributed by atoms with Crippen molar-refractivity contribution >= 4 is 6.09 Å². The number of amides is 1. The van der Waals surface area contributed by atoms with Gasteiger partial charge in [0, 0.05) is 26.2 Å². The molecule has 0 atom stereocenters. The van der Waals surface area contributed by atoms with Gasteiger partial charge in [-0.25, -0.2) is 4.79 Å². The highest BCUT2D eigenvalue weighted by Gasteiger charge is 2.20. The molecule has 1 heterocycles. The summed E-state index contributed by atoms with van der Waals surface area (Å²) in [5.74, 6) is 0. The van der Waals surface area contributed by atoms with Gasteiger partial charge >= 0.3 is 6.09 Å². The van der Waals surface area contributed by atoms with Crippen molar-refractivity contribution in [1.82, 2.24) is 9.80 Å². The maximum atomic E-state index is 11.3. The van der Waals surface area contributed by atoms with E-state index in [1.807, 2.05) is 6.92 Å². The van der Waals surface area contributed by atoms with Gasteiger partial charge in [0.1, 0.15) is 0 Å². The van der Waals surface area contributed by atoms with Crippen molar-refractivity contribution in [1.29, 1.82) is 0 Å². The first-order valence-corrected chi connectivity index (χ1v) is 5.21. The Kier molecular flexibility index (Phi) is 4.73. The molecular formula is C10H19N2O2. The van der Waals surface area contributed by atoms with Crippen molar-refractivity contribution < 1.29 is 9.53 Å². The minimum absolute atomic E-state index is 0.179. The highest BCUT2D eigenvalue weighted by molar-refractivity contribution is 5.67. The van der Waals surface area contributed by atoms with Crippen LogP contribution in [0.25, 0.3) is 0 Å². The number of ether oxygens (including phenoxy) is 1. The second kappa shape index (κ2) is 5.86. The molecule has 1 aliphatic rings. The molecule has 0 aromatic heterocycles. The summed E-state index contributed by atoms with van der Waals surface area (Å²) in [5, 5.41) is 0. The Labute approximate surface area is 85.8 Å².